The molecule has 1 rings (SSSR count). The van der Waals surface area contributed by atoms with E-state index in [1.54, 1.807) is 6.07 Å². The van der Waals surface area contributed by atoms with Crippen LogP contribution in [0.25, 0.3) is 0 Å². The van der Waals surface area contributed by atoms with Crippen LogP contribution in [0.5, 0.6) is 11.5 Å². The fourth-order valence-corrected chi connectivity index (χ4v) is 2.28. The van der Waals surface area contributed by atoms with Crippen LogP contribution in [0.1, 0.15) is 26.3 Å². The lowest BCUT2D eigenvalue weighted by Crippen LogP contribution is -2.28. The fourth-order valence-electron chi connectivity index (χ4n) is 2.05. The van der Waals surface area contributed by atoms with Crippen molar-refractivity contribution in [1.82, 2.24) is 4.90 Å². The molecule has 0 bridgehead atoms. The maximum Gasteiger partial charge on any atom is 0.176 e. The molecule has 0 saturated carbocycles. The van der Waals surface area contributed by atoms with Crippen LogP contribution in [0.3, 0.4) is 0 Å². The van der Waals surface area contributed by atoms with Gasteiger partial charge in [-0.3, -0.25) is 0 Å². The minimum absolute atomic E-state index is 0.00129. The highest BCUT2D eigenvalue weighted by molar-refractivity contribution is 6.32. The molecule has 4 heteroatoms. The van der Waals surface area contributed by atoms with Gasteiger partial charge < -0.3 is 14.7 Å². The summed E-state index contributed by atoms with van der Waals surface area (Å²) in [5.41, 5.74) is 1.28. The van der Waals surface area contributed by atoms with Crippen molar-refractivity contribution in [2.24, 2.45) is 5.41 Å². The Kier molecular flexibility index (Phi) is 4.88. The van der Waals surface area contributed by atoms with Gasteiger partial charge in [-0.05, 0) is 30.2 Å². The van der Waals surface area contributed by atoms with E-state index in [4.69, 9.17) is 16.3 Å². The van der Waals surface area contributed by atoms with E-state index in [0.29, 0.717) is 10.8 Å². The van der Waals surface area contributed by atoms with E-state index in [-0.39, 0.29) is 11.2 Å². The van der Waals surface area contributed by atoms with Gasteiger partial charge in [-0.15, -0.1) is 0 Å². The summed E-state index contributed by atoms with van der Waals surface area (Å²) in [6, 6.07) is 3.60. The number of rotatable bonds is 4. The highest BCUT2D eigenvalue weighted by Crippen LogP contribution is 2.35. The van der Waals surface area contributed by atoms with Crippen molar-refractivity contribution < 1.29 is 9.84 Å². The molecule has 0 aliphatic heterocycles. The topological polar surface area (TPSA) is 32.7 Å². The van der Waals surface area contributed by atoms with Crippen LogP contribution >= 0.6 is 11.6 Å². The lowest BCUT2D eigenvalue weighted by atomic mass is 9.96. The number of hydrogen-bond donors (Lipinski definition) is 1. The molecule has 0 aromatic heterocycles. The number of phenolic OH excluding ortho intramolecular Hbond substituents is 1. The van der Waals surface area contributed by atoms with E-state index in [2.05, 4.69) is 32.7 Å². The summed E-state index contributed by atoms with van der Waals surface area (Å²) in [5.74, 6) is 0.419. The van der Waals surface area contributed by atoms with Gasteiger partial charge in [0.25, 0.3) is 0 Å². The second kappa shape index (κ2) is 5.81. The van der Waals surface area contributed by atoms with Gasteiger partial charge in [0.05, 0.1) is 12.1 Å². The van der Waals surface area contributed by atoms with E-state index in [0.717, 1.165) is 18.7 Å². The second-order valence-corrected chi connectivity index (χ2v) is 6.27. The van der Waals surface area contributed by atoms with Gasteiger partial charge in [-0.25, -0.2) is 0 Å². The third kappa shape index (κ3) is 4.39. The zero-order chi connectivity index (χ0) is 13.9. The Hall–Kier alpha value is -0.930. The largest absolute Gasteiger partial charge is 0.503 e. The molecule has 0 fully saturated rings. The third-order valence-electron chi connectivity index (χ3n) is 2.50. The summed E-state index contributed by atoms with van der Waals surface area (Å²) >= 11 is 5.97. The Labute approximate surface area is 114 Å². The van der Waals surface area contributed by atoms with E-state index in [1.165, 1.54) is 7.11 Å². The molecule has 1 N–H and O–H groups in total. The summed E-state index contributed by atoms with van der Waals surface area (Å²) in [7, 11) is 3.59. The molecule has 0 aliphatic rings. The molecular weight excluding hydrogens is 250 g/mol. The summed E-state index contributed by atoms with van der Waals surface area (Å²) in [4.78, 5) is 2.22. The van der Waals surface area contributed by atoms with Crippen molar-refractivity contribution in [3.05, 3.63) is 22.7 Å². The van der Waals surface area contributed by atoms with Crippen molar-refractivity contribution >= 4 is 11.6 Å². The van der Waals surface area contributed by atoms with Crippen LogP contribution in [0.15, 0.2) is 12.1 Å². The normalized spacial score (nSPS) is 11.9. The first-order chi connectivity index (χ1) is 8.23. The van der Waals surface area contributed by atoms with Gasteiger partial charge >= 0.3 is 0 Å². The minimum Gasteiger partial charge on any atom is -0.503 e. The molecule has 1 aromatic rings. The molecule has 18 heavy (non-hydrogen) atoms. The van der Waals surface area contributed by atoms with E-state index in [9.17, 15) is 5.11 Å². The van der Waals surface area contributed by atoms with Crippen LogP contribution < -0.4 is 4.74 Å². The monoisotopic (exact) mass is 271 g/mol. The van der Waals surface area contributed by atoms with Crippen molar-refractivity contribution in [2.45, 2.75) is 27.3 Å². The first-order valence-electron chi connectivity index (χ1n) is 5.97. The van der Waals surface area contributed by atoms with Gasteiger partial charge in [0, 0.05) is 13.1 Å². The summed E-state index contributed by atoms with van der Waals surface area (Å²) < 4.78 is 5.10. The number of methoxy groups -OCH3 is 1. The van der Waals surface area contributed by atoms with Crippen molar-refractivity contribution in [3.63, 3.8) is 0 Å². The first-order valence-corrected chi connectivity index (χ1v) is 6.34. The lowest BCUT2D eigenvalue weighted by Gasteiger charge is -2.26. The van der Waals surface area contributed by atoms with Crippen molar-refractivity contribution in [1.29, 1.82) is 0 Å². The average Bonchev–Trinajstić information content (AvgIpc) is 2.20. The molecule has 3 nitrogen and oxygen atoms in total. The maximum atomic E-state index is 9.67. The number of benzene rings is 1. The first kappa shape index (κ1) is 15.1. The molecule has 0 spiro atoms. The summed E-state index contributed by atoms with van der Waals surface area (Å²) in [6.07, 6.45) is 0. The highest BCUT2D eigenvalue weighted by Gasteiger charge is 2.15. The Morgan fingerprint density at radius 1 is 1.33 bits per heavy atom. The summed E-state index contributed by atoms with van der Waals surface area (Å²) in [5, 5.41) is 10.00. The van der Waals surface area contributed by atoms with Crippen LogP contribution in [0.4, 0.5) is 0 Å². The molecule has 0 atom stereocenters. The number of hydrogen-bond acceptors (Lipinski definition) is 3. The predicted octanol–water partition coefficient (Wildman–Crippen LogP) is 3.53. The lowest BCUT2D eigenvalue weighted by molar-refractivity contribution is 0.220. The maximum absolute atomic E-state index is 9.67. The molecule has 0 unspecified atom stereocenters. The third-order valence-corrected chi connectivity index (χ3v) is 2.79. The van der Waals surface area contributed by atoms with Gasteiger partial charge in [0.1, 0.15) is 0 Å². The molecule has 0 radical (unpaired) electrons. The van der Waals surface area contributed by atoms with Crippen LogP contribution in [0.2, 0.25) is 5.02 Å². The van der Waals surface area contributed by atoms with E-state index in [1.807, 2.05) is 6.07 Å². The van der Waals surface area contributed by atoms with Gasteiger partial charge in [0.15, 0.2) is 11.5 Å². The quantitative estimate of drug-likeness (QED) is 0.909. The van der Waals surface area contributed by atoms with Gasteiger partial charge in [-0.2, -0.15) is 0 Å². The standard InChI is InChI=1S/C14H22ClNO2/c1-14(2,3)9-16(4)8-10-6-11(15)13(17)12(7-10)18-5/h6-7,17H,8-9H2,1-5H3. The zero-order valence-electron chi connectivity index (χ0n) is 11.7. The van der Waals surface area contributed by atoms with Crippen LogP contribution in [-0.2, 0) is 6.54 Å². The van der Waals surface area contributed by atoms with E-state index >= 15 is 0 Å². The molecule has 102 valence electrons. The van der Waals surface area contributed by atoms with E-state index < -0.39 is 0 Å². The average molecular weight is 272 g/mol. The Balaban J connectivity index is 2.82. The molecule has 0 saturated heterocycles. The molecule has 0 amide bonds. The number of phenols is 1. The minimum atomic E-state index is 0.00129. The Morgan fingerprint density at radius 3 is 2.44 bits per heavy atom. The number of ether oxygens (including phenoxy) is 1. The van der Waals surface area contributed by atoms with Crippen LogP contribution in [-0.4, -0.2) is 30.7 Å². The van der Waals surface area contributed by atoms with Crippen molar-refractivity contribution in [3.8, 4) is 11.5 Å². The fraction of sp³-hybridized carbons (Fsp3) is 0.571. The van der Waals surface area contributed by atoms with Crippen molar-refractivity contribution in [2.75, 3.05) is 20.7 Å². The van der Waals surface area contributed by atoms with Gasteiger partial charge in [-0.1, -0.05) is 32.4 Å². The summed E-state index contributed by atoms with van der Waals surface area (Å²) in [6.45, 7) is 8.36. The van der Waals surface area contributed by atoms with Crippen LogP contribution in [0, 0.1) is 5.41 Å². The Morgan fingerprint density at radius 2 is 1.94 bits per heavy atom. The predicted molar refractivity (Wildman–Crippen MR) is 75.5 cm³/mol. The SMILES string of the molecule is COc1cc(CN(C)CC(C)(C)C)cc(Cl)c1O. The highest BCUT2D eigenvalue weighted by atomic mass is 35.5. The number of halogens is 1. The number of nitrogens with zero attached hydrogens (tertiary/aromatic N) is 1. The molecular formula is C14H22ClNO2. The van der Waals surface area contributed by atoms with Gasteiger partial charge in [0.2, 0.25) is 0 Å². The molecule has 0 heterocycles. The second-order valence-electron chi connectivity index (χ2n) is 5.86. The molecule has 0 aliphatic carbocycles. The Bertz CT molecular complexity index is 413. The number of aromatic hydroxyl groups is 1. The molecule has 1 aromatic carbocycles. The smallest absolute Gasteiger partial charge is 0.176 e. The zero-order valence-corrected chi connectivity index (χ0v) is 12.5.